The number of aromatic nitrogens is 2. The number of thioether (sulfide) groups is 1. The number of nitrogens with zero attached hydrogens (tertiary/aromatic N) is 2. The summed E-state index contributed by atoms with van der Waals surface area (Å²) in [6.45, 7) is 5.56. The molecule has 0 saturated heterocycles. The maximum atomic E-state index is 12.0. The highest BCUT2D eigenvalue weighted by Gasteiger charge is 2.28. The monoisotopic (exact) mass is 282 g/mol. The van der Waals surface area contributed by atoms with E-state index in [9.17, 15) is 18.3 Å². The van der Waals surface area contributed by atoms with E-state index in [1.165, 1.54) is 4.68 Å². The molecule has 1 rings (SSSR count). The Morgan fingerprint density at radius 1 is 1.39 bits per heavy atom. The summed E-state index contributed by atoms with van der Waals surface area (Å²) in [7, 11) is 0. The van der Waals surface area contributed by atoms with E-state index in [-0.39, 0.29) is 24.1 Å². The van der Waals surface area contributed by atoms with Gasteiger partial charge < -0.3 is 5.11 Å². The molecule has 0 bridgehead atoms. The van der Waals surface area contributed by atoms with Crippen molar-refractivity contribution in [3.05, 3.63) is 17.0 Å². The number of aryl methyl sites for hydroxylation is 2. The molecule has 3 nitrogen and oxygen atoms in total. The molecule has 0 aliphatic rings. The van der Waals surface area contributed by atoms with Gasteiger partial charge in [-0.3, -0.25) is 4.68 Å². The van der Waals surface area contributed by atoms with E-state index in [1.807, 2.05) is 6.92 Å². The standard InChI is InChI=1S/C11H17F3N2OS/c1-4-9(17)10-7(2)15-16(8(10)3)5-6-18-11(12,13)14/h9,17H,4-6H2,1-3H3. The van der Waals surface area contributed by atoms with E-state index >= 15 is 0 Å². The molecule has 104 valence electrons. The van der Waals surface area contributed by atoms with Crippen molar-refractivity contribution in [3.8, 4) is 0 Å². The minimum absolute atomic E-state index is 0.0570. The zero-order valence-corrected chi connectivity index (χ0v) is 11.4. The number of rotatable bonds is 5. The molecule has 0 saturated carbocycles. The fourth-order valence-corrected chi connectivity index (χ4v) is 2.36. The average Bonchev–Trinajstić information content (AvgIpc) is 2.52. The van der Waals surface area contributed by atoms with Gasteiger partial charge in [-0.05, 0) is 32.0 Å². The van der Waals surface area contributed by atoms with Crippen LogP contribution in [0.4, 0.5) is 13.2 Å². The van der Waals surface area contributed by atoms with E-state index < -0.39 is 11.6 Å². The Hall–Kier alpha value is -0.690. The molecule has 0 amide bonds. The summed E-state index contributed by atoms with van der Waals surface area (Å²) in [5.74, 6) is -0.0763. The predicted octanol–water partition coefficient (Wildman–Crippen LogP) is 3.20. The maximum Gasteiger partial charge on any atom is 0.441 e. The molecule has 0 fully saturated rings. The molecule has 1 heterocycles. The molecule has 0 aromatic carbocycles. The van der Waals surface area contributed by atoms with Gasteiger partial charge in [-0.1, -0.05) is 6.92 Å². The molecule has 18 heavy (non-hydrogen) atoms. The van der Waals surface area contributed by atoms with Gasteiger partial charge in [-0.15, -0.1) is 0 Å². The number of halogens is 3. The van der Waals surface area contributed by atoms with E-state index in [4.69, 9.17) is 0 Å². The Morgan fingerprint density at radius 3 is 2.50 bits per heavy atom. The highest BCUT2D eigenvalue weighted by molar-refractivity contribution is 8.00. The molecule has 0 spiro atoms. The molecule has 1 unspecified atom stereocenters. The van der Waals surface area contributed by atoms with Gasteiger partial charge in [0.2, 0.25) is 0 Å². The first-order valence-corrected chi connectivity index (χ1v) is 6.67. The zero-order valence-electron chi connectivity index (χ0n) is 10.6. The smallest absolute Gasteiger partial charge is 0.388 e. The molecule has 1 aromatic heterocycles. The minimum Gasteiger partial charge on any atom is -0.388 e. The molecule has 1 N–H and O–H groups in total. The van der Waals surface area contributed by atoms with Gasteiger partial charge in [0.15, 0.2) is 0 Å². The molecule has 1 atom stereocenters. The van der Waals surface area contributed by atoms with Crippen LogP contribution in [0.2, 0.25) is 0 Å². The third-order valence-electron chi connectivity index (χ3n) is 2.73. The van der Waals surface area contributed by atoms with Crippen LogP contribution in [-0.2, 0) is 6.54 Å². The van der Waals surface area contributed by atoms with Crippen molar-refractivity contribution in [2.24, 2.45) is 0 Å². The number of alkyl halides is 3. The molecular weight excluding hydrogens is 265 g/mol. The van der Waals surface area contributed by atoms with Gasteiger partial charge in [0.25, 0.3) is 0 Å². The number of hydrogen-bond donors (Lipinski definition) is 1. The SMILES string of the molecule is CCC(O)c1c(C)nn(CCSC(F)(F)F)c1C. The van der Waals surface area contributed by atoms with Crippen LogP contribution in [0.5, 0.6) is 0 Å². The van der Waals surface area contributed by atoms with Crippen LogP contribution in [0.3, 0.4) is 0 Å². The summed E-state index contributed by atoms with van der Waals surface area (Å²) in [5.41, 5.74) is -2.06. The average molecular weight is 282 g/mol. The molecular formula is C11H17F3N2OS. The molecule has 1 aromatic rings. The molecule has 0 radical (unpaired) electrons. The van der Waals surface area contributed by atoms with Crippen molar-refractivity contribution in [2.75, 3.05) is 5.75 Å². The Labute approximate surface area is 108 Å². The van der Waals surface area contributed by atoms with Crippen LogP contribution in [0.25, 0.3) is 0 Å². The van der Waals surface area contributed by atoms with Crippen LogP contribution in [0.15, 0.2) is 0 Å². The third kappa shape index (κ3) is 3.91. The van der Waals surface area contributed by atoms with Gasteiger partial charge in [-0.2, -0.15) is 18.3 Å². The molecule has 7 heteroatoms. The third-order valence-corrected chi connectivity index (χ3v) is 3.44. The van der Waals surface area contributed by atoms with Crippen molar-refractivity contribution < 1.29 is 18.3 Å². The second-order valence-corrected chi connectivity index (χ2v) is 5.19. The minimum atomic E-state index is -4.21. The summed E-state index contributed by atoms with van der Waals surface area (Å²) >= 11 is -0.0570. The summed E-state index contributed by atoms with van der Waals surface area (Å²) in [4.78, 5) is 0. The van der Waals surface area contributed by atoms with Gasteiger partial charge in [-0.25, -0.2) is 0 Å². The van der Waals surface area contributed by atoms with Gasteiger partial charge in [0.1, 0.15) is 0 Å². The number of aliphatic hydroxyl groups excluding tert-OH is 1. The van der Waals surface area contributed by atoms with Crippen LogP contribution < -0.4 is 0 Å². The summed E-state index contributed by atoms with van der Waals surface area (Å²) in [6.07, 6.45) is -0.0426. The Morgan fingerprint density at radius 2 is 2.00 bits per heavy atom. The molecule has 0 aliphatic carbocycles. The topological polar surface area (TPSA) is 38.1 Å². The summed E-state index contributed by atoms with van der Waals surface area (Å²) in [6, 6.07) is 0. The van der Waals surface area contributed by atoms with Crippen molar-refractivity contribution in [1.82, 2.24) is 9.78 Å². The lowest BCUT2D eigenvalue weighted by molar-refractivity contribution is -0.0328. The number of aliphatic hydroxyl groups is 1. The van der Waals surface area contributed by atoms with Crippen molar-refractivity contribution >= 4 is 11.8 Å². The van der Waals surface area contributed by atoms with Gasteiger partial charge in [0, 0.05) is 17.0 Å². The summed E-state index contributed by atoms with van der Waals surface area (Å²) < 4.78 is 37.6. The van der Waals surface area contributed by atoms with E-state index in [0.29, 0.717) is 12.1 Å². The first-order valence-electron chi connectivity index (χ1n) is 5.69. The van der Waals surface area contributed by atoms with Crippen LogP contribution >= 0.6 is 11.8 Å². The molecule has 0 aliphatic heterocycles. The fourth-order valence-electron chi connectivity index (χ4n) is 1.86. The largest absolute Gasteiger partial charge is 0.441 e. The fraction of sp³-hybridized carbons (Fsp3) is 0.727. The zero-order chi connectivity index (χ0) is 13.9. The van der Waals surface area contributed by atoms with Crippen molar-refractivity contribution in [1.29, 1.82) is 0 Å². The van der Waals surface area contributed by atoms with Crippen molar-refractivity contribution in [3.63, 3.8) is 0 Å². The highest BCUT2D eigenvalue weighted by Crippen LogP contribution is 2.30. The Balaban J connectivity index is 2.74. The lowest BCUT2D eigenvalue weighted by atomic mass is 10.1. The second kappa shape index (κ2) is 5.97. The Kier molecular flexibility index (Phi) is 5.10. The maximum absolute atomic E-state index is 12.0. The number of hydrogen-bond acceptors (Lipinski definition) is 3. The highest BCUT2D eigenvalue weighted by atomic mass is 32.2. The normalized spacial score (nSPS) is 13.9. The van der Waals surface area contributed by atoms with E-state index in [1.54, 1.807) is 13.8 Å². The Bertz CT molecular complexity index is 404. The van der Waals surface area contributed by atoms with E-state index in [0.717, 1.165) is 11.3 Å². The lowest BCUT2D eigenvalue weighted by Crippen LogP contribution is -2.09. The lowest BCUT2D eigenvalue weighted by Gasteiger charge is -2.10. The summed E-state index contributed by atoms with van der Waals surface area (Å²) in [5, 5.41) is 14.0. The van der Waals surface area contributed by atoms with E-state index in [2.05, 4.69) is 5.10 Å². The second-order valence-electron chi connectivity index (χ2n) is 4.03. The van der Waals surface area contributed by atoms with Crippen molar-refractivity contribution in [2.45, 2.75) is 45.3 Å². The van der Waals surface area contributed by atoms with Crippen LogP contribution in [0, 0.1) is 13.8 Å². The first-order chi connectivity index (χ1) is 8.26. The van der Waals surface area contributed by atoms with Gasteiger partial charge in [0.05, 0.1) is 18.3 Å². The van der Waals surface area contributed by atoms with Crippen LogP contribution in [0.1, 0.15) is 36.4 Å². The quantitative estimate of drug-likeness (QED) is 0.901. The first kappa shape index (κ1) is 15.4. The predicted molar refractivity (Wildman–Crippen MR) is 65.5 cm³/mol. The van der Waals surface area contributed by atoms with Crippen LogP contribution in [-0.4, -0.2) is 26.1 Å². The van der Waals surface area contributed by atoms with Gasteiger partial charge >= 0.3 is 5.51 Å².